The Morgan fingerprint density at radius 2 is 1.84 bits per heavy atom. The number of pyridine rings is 1. The largest absolute Gasteiger partial charge is 0.272 e. The number of hydrogen-bond donors (Lipinski definition) is 1. The SMILES string of the molecule is CC(=NNC(=O)CSc1nnc(SCc2cccc3ccccc23)s1)c1cccnc1. The van der Waals surface area contributed by atoms with Gasteiger partial charge in [0.05, 0.1) is 11.5 Å². The van der Waals surface area contributed by atoms with Crippen molar-refractivity contribution in [2.75, 3.05) is 5.75 Å². The topological polar surface area (TPSA) is 80.1 Å². The molecule has 0 aliphatic carbocycles. The number of fused-ring (bicyclic) bond motifs is 1. The lowest BCUT2D eigenvalue weighted by atomic mass is 10.1. The molecule has 0 spiro atoms. The molecule has 1 N–H and O–H groups in total. The van der Waals surface area contributed by atoms with Crippen molar-refractivity contribution in [2.24, 2.45) is 5.10 Å². The molecule has 4 aromatic rings. The van der Waals surface area contributed by atoms with Gasteiger partial charge < -0.3 is 0 Å². The molecular weight excluding hydrogens is 446 g/mol. The van der Waals surface area contributed by atoms with Crippen LogP contribution in [0.15, 0.2) is 80.8 Å². The summed E-state index contributed by atoms with van der Waals surface area (Å²) in [5.74, 6) is 0.865. The van der Waals surface area contributed by atoms with Crippen molar-refractivity contribution in [3.8, 4) is 0 Å². The first-order chi connectivity index (χ1) is 15.2. The summed E-state index contributed by atoms with van der Waals surface area (Å²) in [5.41, 5.74) is 5.42. The summed E-state index contributed by atoms with van der Waals surface area (Å²) >= 11 is 4.52. The van der Waals surface area contributed by atoms with Crippen molar-refractivity contribution in [2.45, 2.75) is 21.4 Å². The number of nitrogens with one attached hydrogen (secondary N) is 1. The number of thioether (sulfide) groups is 2. The number of amides is 1. The third-order valence-corrected chi connectivity index (χ3v) is 7.61. The smallest absolute Gasteiger partial charge is 0.250 e. The maximum Gasteiger partial charge on any atom is 0.250 e. The highest BCUT2D eigenvalue weighted by atomic mass is 32.2. The third-order valence-electron chi connectivity index (χ3n) is 4.37. The predicted molar refractivity (Wildman–Crippen MR) is 129 cm³/mol. The van der Waals surface area contributed by atoms with Gasteiger partial charge in [0.15, 0.2) is 8.68 Å². The molecule has 4 rings (SSSR count). The van der Waals surface area contributed by atoms with Crippen LogP contribution < -0.4 is 5.43 Å². The van der Waals surface area contributed by atoms with Gasteiger partial charge in [-0.25, -0.2) is 5.43 Å². The van der Waals surface area contributed by atoms with Crippen LogP contribution in [0, 0.1) is 0 Å². The molecule has 0 saturated carbocycles. The predicted octanol–water partition coefficient (Wildman–Crippen LogP) is 5.01. The van der Waals surface area contributed by atoms with Gasteiger partial charge >= 0.3 is 0 Å². The maximum absolute atomic E-state index is 12.1. The van der Waals surface area contributed by atoms with E-state index in [4.69, 9.17) is 0 Å². The van der Waals surface area contributed by atoms with Gasteiger partial charge in [-0.2, -0.15) is 5.10 Å². The van der Waals surface area contributed by atoms with Crippen molar-refractivity contribution in [1.82, 2.24) is 20.6 Å². The Hall–Kier alpha value is -2.75. The molecule has 0 bridgehead atoms. The second-order valence-corrected chi connectivity index (χ2v) is 9.95. The zero-order valence-corrected chi connectivity index (χ0v) is 19.1. The van der Waals surface area contributed by atoms with Crippen LogP contribution in [0.25, 0.3) is 10.8 Å². The lowest BCUT2D eigenvalue weighted by Crippen LogP contribution is -2.21. The molecule has 2 aromatic carbocycles. The first-order valence-corrected chi connectivity index (χ1v) is 12.3. The van der Waals surface area contributed by atoms with Crippen LogP contribution in [0.5, 0.6) is 0 Å². The summed E-state index contributed by atoms with van der Waals surface area (Å²) in [6, 6.07) is 18.4. The summed E-state index contributed by atoms with van der Waals surface area (Å²) in [6.45, 7) is 1.83. The lowest BCUT2D eigenvalue weighted by molar-refractivity contribution is -0.118. The van der Waals surface area contributed by atoms with Crippen LogP contribution in [0.1, 0.15) is 18.1 Å². The van der Waals surface area contributed by atoms with Gasteiger partial charge in [-0.1, -0.05) is 83.4 Å². The number of hydrogen-bond acceptors (Lipinski definition) is 8. The second-order valence-electron chi connectivity index (χ2n) is 6.52. The van der Waals surface area contributed by atoms with Crippen LogP contribution in [-0.4, -0.2) is 32.6 Å². The molecular formula is C22H19N5OS3. The number of carbonyl (C=O) groups excluding carboxylic acids is 1. The number of carbonyl (C=O) groups is 1. The molecule has 2 heterocycles. The number of hydrazone groups is 1. The van der Waals surface area contributed by atoms with Gasteiger partial charge in [-0.3, -0.25) is 9.78 Å². The zero-order valence-electron chi connectivity index (χ0n) is 16.7. The molecule has 6 nitrogen and oxygen atoms in total. The van der Waals surface area contributed by atoms with E-state index in [0.717, 1.165) is 20.0 Å². The van der Waals surface area contributed by atoms with Crippen molar-refractivity contribution < 1.29 is 4.79 Å². The Labute approximate surface area is 192 Å². The van der Waals surface area contributed by atoms with Gasteiger partial charge in [0.2, 0.25) is 0 Å². The van der Waals surface area contributed by atoms with Gasteiger partial charge in [0.25, 0.3) is 5.91 Å². The standard InChI is InChI=1S/C22H19N5OS3/c1-15(17-9-5-11-23-12-17)24-25-20(28)14-30-22-27-26-21(31-22)29-13-18-8-4-7-16-6-2-3-10-19(16)18/h2-12H,13-14H2,1H3,(H,25,28). The van der Waals surface area contributed by atoms with E-state index in [1.165, 1.54) is 39.4 Å². The molecule has 0 fully saturated rings. The molecule has 0 atom stereocenters. The Morgan fingerprint density at radius 3 is 2.68 bits per heavy atom. The molecule has 0 aliphatic heterocycles. The highest BCUT2D eigenvalue weighted by Crippen LogP contribution is 2.32. The summed E-state index contributed by atoms with van der Waals surface area (Å²) in [5, 5.41) is 15.1. The minimum atomic E-state index is -0.187. The summed E-state index contributed by atoms with van der Waals surface area (Å²) in [7, 11) is 0. The third kappa shape index (κ3) is 5.90. The van der Waals surface area contributed by atoms with Crippen LogP contribution >= 0.6 is 34.9 Å². The van der Waals surface area contributed by atoms with Crippen molar-refractivity contribution in [1.29, 1.82) is 0 Å². The fourth-order valence-corrected chi connectivity index (χ4v) is 5.64. The van der Waals surface area contributed by atoms with E-state index in [1.807, 2.05) is 19.1 Å². The summed E-state index contributed by atoms with van der Waals surface area (Å²) in [6.07, 6.45) is 3.40. The molecule has 0 saturated heterocycles. The highest BCUT2D eigenvalue weighted by Gasteiger charge is 2.10. The van der Waals surface area contributed by atoms with E-state index in [-0.39, 0.29) is 11.7 Å². The number of aromatic nitrogens is 3. The quantitative estimate of drug-likeness (QED) is 0.224. The van der Waals surface area contributed by atoms with E-state index < -0.39 is 0 Å². The molecule has 156 valence electrons. The normalized spacial score (nSPS) is 11.6. The van der Waals surface area contributed by atoms with Crippen LogP contribution in [0.3, 0.4) is 0 Å². The molecule has 0 radical (unpaired) electrons. The maximum atomic E-state index is 12.1. The lowest BCUT2D eigenvalue weighted by Gasteiger charge is -2.04. The molecule has 2 aromatic heterocycles. The van der Waals surface area contributed by atoms with Gasteiger partial charge in [-0.15, -0.1) is 10.2 Å². The van der Waals surface area contributed by atoms with Gasteiger partial charge in [-0.05, 0) is 29.3 Å². The van der Waals surface area contributed by atoms with E-state index in [2.05, 4.69) is 68.2 Å². The van der Waals surface area contributed by atoms with Crippen LogP contribution in [-0.2, 0) is 10.5 Å². The fraction of sp³-hybridized carbons (Fsp3) is 0.136. The van der Waals surface area contributed by atoms with Crippen molar-refractivity contribution in [3.05, 3.63) is 78.1 Å². The van der Waals surface area contributed by atoms with Crippen LogP contribution in [0.4, 0.5) is 0 Å². The fourth-order valence-electron chi connectivity index (χ4n) is 2.82. The first-order valence-electron chi connectivity index (χ1n) is 9.48. The number of rotatable bonds is 8. The molecule has 31 heavy (non-hydrogen) atoms. The average molecular weight is 466 g/mol. The first kappa shape index (κ1) is 21.5. The second kappa shape index (κ2) is 10.5. The monoisotopic (exact) mass is 465 g/mol. The Kier molecular flexibility index (Phi) is 7.29. The molecule has 0 unspecified atom stereocenters. The Morgan fingerprint density at radius 1 is 1.03 bits per heavy atom. The average Bonchev–Trinajstić information content (AvgIpc) is 3.28. The summed E-state index contributed by atoms with van der Waals surface area (Å²) < 4.78 is 1.66. The molecule has 1 amide bonds. The van der Waals surface area contributed by atoms with Gasteiger partial charge in [0.1, 0.15) is 0 Å². The number of benzene rings is 2. The van der Waals surface area contributed by atoms with Gasteiger partial charge in [0, 0.05) is 23.7 Å². The van der Waals surface area contributed by atoms with Crippen molar-refractivity contribution >= 4 is 57.3 Å². The van der Waals surface area contributed by atoms with E-state index in [9.17, 15) is 4.79 Å². The summed E-state index contributed by atoms with van der Waals surface area (Å²) in [4.78, 5) is 16.1. The molecule has 9 heteroatoms. The van der Waals surface area contributed by atoms with Crippen LogP contribution in [0.2, 0.25) is 0 Å². The van der Waals surface area contributed by atoms with E-state index >= 15 is 0 Å². The highest BCUT2D eigenvalue weighted by molar-refractivity contribution is 8.03. The molecule has 0 aliphatic rings. The zero-order chi connectivity index (χ0) is 21.5. The van der Waals surface area contributed by atoms with E-state index in [0.29, 0.717) is 5.71 Å². The number of nitrogens with zero attached hydrogens (tertiary/aromatic N) is 4. The Balaban J connectivity index is 1.27. The Bertz CT molecular complexity index is 1200. The minimum Gasteiger partial charge on any atom is -0.272 e. The van der Waals surface area contributed by atoms with E-state index in [1.54, 1.807) is 24.2 Å². The van der Waals surface area contributed by atoms with Crippen molar-refractivity contribution in [3.63, 3.8) is 0 Å². The minimum absolute atomic E-state index is 0.187.